The van der Waals surface area contributed by atoms with E-state index >= 15 is 0 Å². The van der Waals surface area contributed by atoms with Crippen molar-refractivity contribution in [3.8, 4) is 5.75 Å². The molecule has 138 valence electrons. The van der Waals surface area contributed by atoms with Crippen molar-refractivity contribution in [1.29, 1.82) is 0 Å². The van der Waals surface area contributed by atoms with Crippen LogP contribution in [0.25, 0.3) is 0 Å². The molecule has 1 unspecified atom stereocenters. The number of ether oxygens (including phenoxy) is 1. The first-order chi connectivity index (χ1) is 11.5. The van der Waals surface area contributed by atoms with Gasteiger partial charge in [0.15, 0.2) is 8.32 Å². The molecule has 1 saturated heterocycles. The van der Waals surface area contributed by atoms with Crippen molar-refractivity contribution in [2.45, 2.75) is 64.4 Å². The van der Waals surface area contributed by atoms with Gasteiger partial charge in [0.2, 0.25) is 5.91 Å². The highest BCUT2D eigenvalue weighted by Crippen LogP contribution is 2.38. The van der Waals surface area contributed by atoms with Gasteiger partial charge in [-0.1, -0.05) is 32.9 Å². The summed E-state index contributed by atoms with van der Waals surface area (Å²) in [5.74, 6) is 0.409. The van der Waals surface area contributed by atoms with E-state index < -0.39 is 14.4 Å². The van der Waals surface area contributed by atoms with Gasteiger partial charge in [0.1, 0.15) is 11.9 Å². The number of piperidine rings is 1. The Balaban J connectivity index is 2.12. The van der Waals surface area contributed by atoms with Gasteiger partial charge in [-0.05, 0) is 42.2 Å². The maximum Gasteiger partial charge on any atom is 0.257 e. The van der Waals surface area contributed by atoms with Gasteiger partial charge in [-0.2, -0.15) is 0 Å². The second-order valence-corrected chi connectivity index (χ2v) is 12.8. The Morgan fingerprint density at radius 2 is 1.76 bits per heavy atom. The van der Waals surface area contributed by atoms with Gasteiger partial charge in [0.25, 0.3) is 5.91 Å². The van der Waals surface area contributed by atoms with Gasteiger partial charge in [-0.3, -0.25) is 14.5 Å². The summed E-state index contributed by atoms with van der Waals surface area (Å²) in [4.78, 5) is 26.5. The van der Waals surface area contributed by atoms with Crippen LogP contribution >= 0.6 is 0 Å². The van der Waals surface area contributed by atoms with Crippen LogP contribution < -0.4 is 4.74 Å². The van der Waals surface area contributed by atoms with Crippen molar-refractivity contribution < 1.29 is 18.8 Å². The van der Waals surface area contributed by atoms with Crippen molar-refractivity contribution in [2.24, 2.45) is 0 Å². The molecule has 0 N–H and O–H groups in total. The number of benzene rings is 1. The smallest absolute Gasteiger partial charge is 0.257 e. The first kappa shape index (κ1) is 19.7. The number of imide groups is 1. The van der Waals surface area contributed by atoms with Gasteiger partial charge in [-0.25, -0.2) is 0 Å². The van der Waals surface area contributed by atoms with Crippen LogP contribution in [0.5, 0.6) is 5.75 Å². The van der Waals surface area contributed by atoms with E-state index in [4.69, 9.17) is 9.16 Å². The summed E-state index contributed by atoms with van der Waals surface area (Å²) in [6.07, 6.45) is 0.307. The van der Waals surface area contributed by atoms with Gasteiger partial charge in [0, 0.05) is 6.42 Å². The highest BCUT2D eigenvalue weighted by atomic mass is 28.4. The van der Waals surface area contributed by atoms with Crippen LogP contribution in [0.3, 0.4) is 0 Å². The molecule has 0 spiro atoms. The molecule has 2 amide bonds. The lowest BCUT2D eigenvalue weighted by atomic mass is 10.1. The molecule has 0 bridgehead atoms. The molecule has 1 aromatic rings. The third-order valence-electron chi connectivity index (χ3n) is 5.21. The predicted octanol–water partition coefficient (Wildman–Crippen LogP) is 3.73. The summed E-state index contributed by atoms with van der Waals surface area (Å²) in [5, 5.41) is 0.0234. The molecule has 1 fully saturated rings. The van der Waals surface area contributed by atoms with Crippen molar-refractivity contribution in [1.82, 2.24) is 4.90 Å². The van der Waals surface area contributed by atoms with Crippen LogP contribution in [-0.4, -0.2) is 38.2 Å². The van der Waals surface area contributed by atoms with Crippen LogP contribution in [0.2, 0.25) is 18.1 Å². The van der Waals surface area contributed by atoms with E-state index in [-0.39, 0.29) is 23.4 Å². The minimum atomic E-state index is -2.07. The maximum absolute atomic E-state index is 12.8. The highest BCUT2D eigenvalue weighted by molar-refractivity contribution is 6.74. The standard InChI is InChI=1S/C19H29NO4Si/c1-19(2,3)25(5,6)24-16-11-12-17(21)20(18(16)22)13-14-7-9-15(23-4)10-8-14/h7-10,16H,11-13H2,1-6H3. The first-order valence-electron chi connectivity index (χ1n) is 8.70. The first-order valence-corrected chi connectivity index (χ1v) is 11.6. The normalized spacial score (nSPS) is 19.3. The molecular formula is C19H29NO4Si. The number of hydrogen-bond donors (Lipinski definition) is 0. The van der Waals surface area contributed by atoms with Gasteiger partial charge in [-0.15, -0.1) is 0 Å². The zero-order valence-electron chi connectivity index (χ0n) is 16.1. The number of carbonyl (C=O) groups excluding carboxylic acids is 2. The molecule has 1 heterocycles. The Labute approximate surface area is 151 Å². The molecule has 6 heteroatoms. The summed E-state index contributed by atoms with van der Waals surface area (Å²) < 4.78 is 11.4. The molecule has 0 saturated carbocycles. The van der Waals surface area contributed by atoms with Gasteiger partial charge in [0.05, 0.1) is 13.7 Å². The average Bonchev–Trinajstić information content (AvgIpc) is 2.53. The SMILES string of the molecule is COc1ccc(CN2C(=O)CCC(O[Si](C)(C)C(C)(C)C)C2=O)cc1. The number of likely N-dealkylation sites (tertiary alicyclic amines) is 1. The van der Waals surface area contributed by atoms with Crippen LogP contribution in [0.4, 0.5) is 0 Å². The lowest BCUT2D eigenvalue weighted by Crippen LogP contribution is -2.53. The molecule has 0 radical (unpaired) electrons. The minimum Gasteiger partial charge on any atom is -0.497 e. The van der Waals surface area contributed by atoms with Gasteiger partial charge >= 0.3 is 0 Å². The van der Waals surface area contributed by atoms with Crippen LogP contribution in [0.15, 0.2) is 24.3 Å². The fraction of sp³-hybridized carbons (Fsp3) is 0.579. The van der Waals surface area contributed by atoms with E-state index in [1.165, 1.54) is 4.90 Å². The molecule has 1 atom stereocenters. The lowest BCUT2D eigenvalue weighted by molar-refractivity contribution is -0.155. The summed E-state index contributed by atoms with van der Waals surface area (Å²) in [6.45, 7) is 11.0. The number of rotatable bonds is 5. The predicted molar refractivity (Wildman–Crippen MR) is 99.9 cm³/mol. The quantitative estimate of drug-likeness (QED) is 0.591. The van der Waals surface area contributed by atoms with Crippen molar-refractivity contribution >= 4 is 20.1 Å². The Bertz CT molecular complexity index is 634. The molecule has 2 rings (SSSR count). The van der Waals surface area contributed by atoms with Crippen molar-refractivity contribution in [2.75, 3.05) is 7.11 Å². The molecule has 1 aliphatic heterocycles. The fourth-order valence-corrected chi connectivity index (χ4v) is 3.81. The molecule has 1 aromatic carbocycles. The third-order valence-corrected chi connectivity index (χ3v) is 9.69. The average molecular weight is 364 g/mol. The van der Waals surface area contributed by atoms with Crippen molar-refractivity contribution in [3.63, 3.8) is 0 Å². The fourth-order valence-electron chi connectivity index (χ4n) is 2.53. The number of methoxy groups -OCH3 is 1. The minimum absolute atomic E-state index is 0.0234. The number of amides is 2. The molecule has 5 nitrogen and oxygen atoms in total. The molecule has 25 heavy (non-hydrogen) atoms. The van der Waals surface area contributed by atoms with E-state index in [0.29, 0.717) is 12.8 Å². The lowest BCUT2D eigenvalue weighted by Gasteiger charge is -2.41. The second-order valence-electron chi connectivity index (χ2n) is 8.07. The number of carbonyl (C=O) groups is 2. The Morgan fingerprint density at radius 1 is 1.16 bits per heavy atom. The van der Waals surface area contributed by atoms with E-state index in [1.807, 2.05) is 24.3 Å². The molecular weight excluding hydrogens is 334 g/mol. The summed E-state index contributed by atoms with van der Waals surface area (Å²) in [5.41, 5.74) is 0.899. The Hall–Kier alpha value is -1.66. The Morgan fingerprint density at radius 3 is 2.28 bits per heavy atom. The van der Waals surface area contributed by atoms with Gasteiger partial charge < -0.3 is 9.16 Å². The Kier molecular flexibility index (Phi) is 5.74. The summed E-state index contributed by atoms with van der Waals surface area (Å²) >= 11 is 0. The van der Waals surface area contributed by atoms with E-state index in [9.17, 15) is 9.59 Å². The third kappa shape index (κ3) is 4.49. The van der Waals surface area contributed by atoms with Crippen LogP contribution in [-0.2, 0) is 20.6 Å². The summed E-state index contributed by atoms with van der Waals surface area (Å²) in [7, 11) is -0.459. The van der Waals surface area contributed by atoms with Crippen LogP contribution in [0, 0.1) is 0 Å². The molecule has 0 aliphatic carbocycles. The number of nitrogens with zero attached hydrogens (tertiary/aromatic N) is 1. The largest absolute Gasteiger partial charge is 0.497 e. The van der Waals surface area contributed by atoms with E-state index in [1.54, 1.807) is 7.11 Å². The number of hydrogen-bond acceptors (Lipinski definition) is 4. The van der Waals surface area contributed by atoms with E-state index in [2.05, 4.69) is 33.9 Å². The van der Waals surface area contributed by atoms with Crippen molar-refractivity contribution in [3.05, 3.63) is 29.8 Å². The van der Waals surface area contributed by atoms with Crippen LogP contribution in [0.1, 0.15) is 39.2 Å². The monoisotopic (exact) mass is 363 g/mol. The second kappa shape index (κ2) is 7.29. The topological polar surface area (TPSA) is 55.8 Å². The zero-order chi connectivity index (χ0) is 18.8. The molecule has 1 aliphatic rings. The maximum atomic E-state index is 12.8. The summed E-state index contributed by atoms with van der Waals surface area (Å²) in [6, 6.07) is 7.41. The zero-order valence-corrected chi connectivity index (χ0v) is 17.1. The highest BCUT2D eigenvalue weighted by Gasteiger charge is 2.43. The molecule has 0 aromatic heterocycles. The van der Waals surface area contributed by atoms with E-state index in [0.717, 1.165) is 11.3 Å².